The number of benzene rings is 2. The molecule has 1 saturated heterocycles. The van der Waals surface area contributed by atoms with Gasteiger partial charge >= 0.3 is 5.97 Å². The molecule has 2 aromatic carbocycles. The summed E-state index contributed by atoms with van der Waals surface area (Å²) in [5.74, 6) is -2.18. The maximum absolute atomic E-state index is 12.5. The third-order valence-corrected chi connectivity index (χ3v) is 4.46. The molecule has 134 valence electrons. The highest BCUT2D eigenvalue weighted by molar-refractivity contribution is 6.00. The van der Waals surface area contributed by atoms with Crippen molar-refractivity contribution >= 4 is 23.5 Å². The average molecular weight is 352 g/mol. The lowest BCUT2D eigenvalue weighted by molar-refractivity contribution is -0.142. The number of carboxylic acids is 1. The van der Waals surface area contributed by atoms with E-state index in [1.165, 1.54) is 0 Å². The number of nitrogens with one attached hydrogen (secondary N) is 1. The number of carbonyl (C=O) groups is 3. The lowest BCUT2D eigenvalue weighted by Crippen LogP contribution is -2.45. The van der Waals surface area contributed by atoms with Crippen molar-refractivity contribution in [1.82, 2.24) is 5.32 Å². The molecule has 2 aromatic rings. The topological polar surface area (TPSA) is 86.7 Å². The Kier molecular flexibility index (Phi) is 5.31. The molecule has 1 aliphatic rings. The minimum absolute atomic E-state index is 0.0817. The van der Waals surface area contributed by atoms with Gasteiger partial charge in [-0.25, -0.2) is 4.79 Å². The fraction of sp³-hybridized carbons (Fsp3) is 0.250. The summed E-state index contributed by atoms with van der Waals surface area (Å²) in [6, 6.07) is 17.2. The molecule has 26 heavy (non-hydrogen) atoms. The highest BCUT2D eigenvalue weighted by Crippen LogP contribution is 2.25. The molecule has 0 saturated carbocycles. The van der Waals surface area contributed by atoms with Crippen LogP contribution in [0.4, 0.5) is 5.69 Å². The number of amides is 2. The first-order chi connectivity index (χ1) is 12.5. The molecule has 1 fully saturated rings. The standard InChI is InChI=1S/C20H20N2O4/c23-18-12-15(13-22(18)16-9-5-2-6-10-16)19(24)21-17(20(25)26)11-14-7-3-1-4-8-14/h1-10,15,17H,11-13H2,(H,21,24)(H,25,26)/t15-,17-/m0/s1. The Morgan fingerprint density at radius 3 is 2.31 bits per heavy atom. The van der Waals surface area contributed by atoms with Crippen LogP contribution in [-0.2, 0) is 20.8 Å². The Labute approximate surface area is 151 Å². The van der Waals surface area contributed by atoms with Crippen molar-refractivity contribution in [3.8, 4) is 0 Å². The molecule has 3 rings (SSSR count). The second kappa shape index (κ2) is 7.82. The Bertz CT molecular complexity index is 792. The van der Waals surface area contributed by atoms with Gasteiger partial charge in [-0.2, -0.15) is 0 Å². The quantitative estimate of drug-likeness (QED) is 0.831. The highest BCUT2D eigenvalue weighted by Gasteiger charge is 2.36. The zero-order chi connectivity index (χ0) is 18.5. The third kappa shape index (κ3) is 4.08. The van der Waals surface area contributed by atoms with Crippen LogP contribution in [0.25, 0.3) is 0 Å². The van der Waals surface area contributed by atoms with Gasteiger partial charge in [0.25, 0.3) is 0 Å². The Balaban J connectivity index is 1.65. The Morgan fingerprint density at radius 2 is 1.69 bits per heavy atom. The molecule has 0 unspecified atom stereocenters. The first kappa shape index (κ1) is 17.7. The van der Waals surface area contributed by atoms with E-state index in [1.807, 2.05) is 60.7 Å². The van der Waals surface area contributed by atoms with Gasteiger partial charge in [0.1, 0.15) is 6.04 Å². The maximum Gasteiger partial charge on any atom is 0.326 e. The number of rotatable bonds is 6. The number of hydrogen-bond acceptors (Lipinski definition) is 3. The maximum atomic E-state index is 12.5. The number of nitrogens with zero attached hydrogens (tertiary/aromatic N) is 1. The van der Waals surface area contributed by atoms with Crippen molar-refractivity contribution in [2.45, 2.75) is 18.9 Å². The van der Waals surface area contributed by atoms with E-state index in [-0.39, 0.29) is 25.3 Å². The monoisotopic (exact) mass is 352 g/mol. The molecule has 0 spiro atoms. The predicted octanol–water partition coefficient (Wildman–Crippen LogP) is 1.85. The molecule has 6 heteroatoms. The molecular formula is C20H20N2O4. The van der Waals surface area contributed by atoms with E-state index in [0.29, 0.717) is 0 Å². The first-order valence-electron chi connectivity index (χ1n) is 8.47. The molecule has 0 aromatic heterocycles. The van der Waals surface area contributed by atoms with E-state index in [2.05, 4.69) is 5.32 Å². The normalized spacial score (nSPS) is 17.8. The van der Waals surface area contributed by atoms with Crippen molar-refractivity contribution in [1.29, 1.82) is 0 Å². The van der Waals surface area contributed by atoms with Gasteiger partial charge in [-0.05, 0) is 17.7 Å². The number of hydrogen-bond donors (Lipinski definition) is 2. The van der Waals surface area contributed by atoms with Crippen LogP contribution in [0, 0.1) is 5.92 Å². The van der Waals surface area contributed by atoms with Gasteiger partial charge in [0.15, 0.2) is 0 Å². The molecule has 1 heterocycles. The van der Waals surface area contributed by atoms with Crippen LogP contribution in [0.2, 0.25) is 0 Å². The summed E-state index contributed by atoms with van der Waals surface area (Å²) in [7, 11) is 0. The molecule has 6 nitrogen and oxygen atoms in total. The van der Waals surface area contributed by atoms with Crippen molar-refractivity contribution in [2.75, 3.05) is 11.4 Å². The second-order valence-corrected chi connectivity index (χ2v) is 6.33. The van der Waals surface area contributed by atoms with Crippen LogP contribution in [0.15, 0.2) is 60.7 Å². The van der Waals surface area contributed by atoms with Gasteiger partial charge in [0.2, 0.25) is 11.8 Å². The molecule has 0 bridgehead atoms. The van der Waals surface area contributed by atoms with Crippen LogP contribution >= 0.6 is 0 Å². The van der Waals surface area contributed by atoms with Crippen LogP contribution in [0.1, 0.15) is 12.0 Å². The molecule has 2 N–H and O–H groups in total. The van der Waals surface area contributed by atoms with Crippen molar-refractivity contribution in [3.63, 3.8) is 0 Å². The Hall–Kier alpha value is -3.15. The summed E-state index contributed by atoms with van der Waals surface area (Å²) in [6.45, 7) is 0.256. The van der Waals surface area contributed by atoms with Crippen molar-refractivity contribution in [3.05, 3.63) is 66.2 Å². The summed E-state index contributed by atoms with van der Waals surface area (Å²) >= 11 is 0. The summed E-state index contributed by atoms with van der Waals surface area (Å²) in [5.41, 5.74) is 1.57. The number of para-hydroxylation sites is 1. The lowest BCUT2D eigenvalue weighted by atomic mass is 10.0. The van der Waals surface area contributed by atoms with Gasteiger partial charge < -0.3 is 15.3 Å². The fourth-order valence-electron chi connectivity index (χ4n) is 3.08. The van der Waals surface area contributed by atoms with Crippen LogP contribution in [-0.4, -0.2) is 35.5 Å². The van der Waals surface area contributed by atoms with E-state index >= 15 is 0 Å². The third-order valence-electron chi connectivity index (χ3n) is 4.46. The second-order valence-electron chi connectivity index (χ2n) is 6.33. The minimum Gasteiger partial charge on any atom is -0.480 e. The van der Waals surface area contributed by atoms with Gasteiger partial charge in [-0.3, -0.25) is 9.59 Å². The van der Waals surface area contributed by atoms with Crippen molar-refractivity contribution in [2.24, 2.45) is 5.92 Å². The van der Waals surface area contributed by atoms with E-state index in [9.17, 15) is 19.5 Å². The zero-order valence-corrected chi connectivity index (χ0v) is 14.2. The molecular weight excluding hydrogens is 332 g/mol. The predicted molar refractivity (Wildman–Crippen MR) is 96.6 cm³/mol. The number of anilines is 1. The summed E-state index contributed by atoms with van der Waals surface area (Å²) < 4.78 is 0. The van der Waals surface area contributed by atoms with Gasteiger partial charge in [0, 0.05) is 25.1 Å². The molecule has 2 amide bonds. The smallest absolute Gasteiger partial charge is 0.326 e. The SMILES string of the molecule is O=C(N[C@@H](Cc1ccccc1)C(=O)O)[C@H]1CC(=O)N(c2ccccc2)C1. The summed E-state index contributed by atoms with van der Waals surface area (Å²) in [4.78, 5) is 37.8. The van der Waals surface area contributed by atoms with Crippen LogP contribution in [0.5, 0.6) is 0 Å². The van der Waals surface area contributed by atoms with E-state index in [4.69, 9.17) is 0 Å². The molecule has 1 aliphatic heterocycles. The van der Waals surface area contributed by atoms with Gasteiger partial charge in [0.05, 0.1) is 5.92 Å². The largest absolute Gasteiger partial charge is 0.480 e. The molecule has 0 aliphatic carbocycles. The first-order valence-corrected chi connectivity index (χ1v) is 8.47. The zero-order valence-electron chi connectivity index (χ0n) is 14.2. The summed E-state index contributed by atoms with van der Waals surface area (Å²) in [6.07, 6.45) is 0.281. The Morgan fingerprint density at radius 1 is 1.08 bits per heavy atom. The highest BCUT2D eigenvalue weighted by atomic mass is 16.4. The van der Waals surface area contributed by atoms with E-state index in [1.54, 1.807) is 4.90 Å². The van der Waals surface area contributed by atoms with Gasteiger partial charge in [-0.15, -0.1) is 0 Å². The fourth-order valence-corrected chi connectivity index (χ4v) is 3.08. The van der Waals surface area contributed by atoms with E-state index in [0.717, 1.165) is 11.3 Å². The number of carbonyl (C=O) groups excluding carboxylic acids is 2. The van der Waals surface area contributed by atoms with Crippen LogP contribution in [0.3, 0.4) is 0 Å². The number of carboxylic acid groups (broad SMARTS) is 1. The number of aliphatic carboxylic acids is 1. The van der Waals surface area contributed by atoms with Crippen molar-refractivity contribution < 1.29 is 19.5 Å². The minimum atomic E-state index is -1.09. The molecule has 0 radical (unpaired) electrons. The lowest BCUT2D eigenvalue weighted by Gasteiger charge is -2.19. The van der Waals surface area contributed by atoms with E-state index < -0.39 is 23.8 Å². The van der Waals surface area contributed by atoms with Gasteiger partial charge in [-0.1, -0.05) is 48.5 Å². The molecule has 2 atom stereocenters. The van der Waals surface area contributed by atoms with Crippen LogP contribution < -0.4 is 10.2 Å². The summed E-state index contributed by atoms with van der Waals surface area (Å²) in [5, 5.41) is 12.0. The average Bonchev–Trinajstić information content (AvgIpc) is 3.04.